The van der Waals surface area contributed by atoms with Crippen LogP contribution in [0.1, 0.15) is 36.5 Å². The second-order valence-electron chi connectivity index (χ2n) is 5.12. The Hall–Kier alpha value is -2.44. The van der Waals surface area contributed by atoms with Crippen LogP contribution < -0.4 is 24.8 Å². The molecule has 0 bridgehead atoms. The van der Waals surface area contributed by atoms with Crippen molar-refractivity contribution in [2.24, 2.45) is 0 Å². The summed E-state index contributed by atoms with van der Waals surface area (Å²) in [6, 6.07) is 3.16. The minimum Gasteiger partial charge on any atom is -0.493 e. The van der Waals surface area contributed by atoms with Crippen LogP contribution >= 0.6 is 0 Å². The van der Waals surface area contributed by atoms with Gasteiger partial charge in [0.05, 0.1) is 21.3 Å². The van der Waals surface area contributed by atoms with Gasteiger partial charge >= 0.3 is 0 Å². The first-order chi connectivity index (χ1) is 11.6. The SMILES string of the molecule is CCCCC(=O)NCCNC(=O)c1cc(OC)c(OC)c(OC)c1. The van der Waals surface area contributed by atoms with Crippen LogP contribution in [0.5, 0.6) is 17.2 Å². The lowest BCUT2D eigenvalue weighted by molar-refractivity contribution is -0.121. The molecule has 0 saturated carbocycles. The molecule has 0 aliphatic rings. The van der Waals surface area contributed by atoms with Crippen LogP contribution in [0.3, 0.4) is 0 Å². The smallest absolute Gasteiger partial charge is 0.251 e. The molecule has 0 heterocycles. The van der Waals surface area contributed by atoms with Crippen molar-refractivity contribution in [1.29, 1.82) is 0 Å². The average molecular weight is 338 g/mol. The number of carbonyl (C=O) groups excluding carboxylic acids is 2. The van der Waals surface area contributed by atoms with Gasteiger partial charge in [0.25, 0.3) is 5.91 Å². The summed E-state index contributed by atoms with van der Waals surface area (Å²) >= 11 is 0. The third kappa shape index (κ3) is 5.64. The molecule has 1 aromatic carbocycles. The fraction of sp³-hybridized carbons (Fsp3) is 0.529. The van der Waals surface area contributed by atoms with Gasteiger partial charge in [0.1, 0.15) is 0 Å². The maximum absolute atomic E-state index is 12.2. The van der Waals surface area contributed by atoms with Crippen molar-refractivity contribution in [2.75, 3.05) is 34.4 Å². The van der Waals surface area contributed by atoms with E-state index in [4.69, 9.17) is 14.2 Å². The van der Waals surface area contributed by atoms with Crippen molar-refractivity contribution in [3.05, 3.63) is 17.7 Å². The van der Waals surface area contributed by atoms with Crippen LogP contribution in [-0.4, -0.2) is 46.2 Å². The Morgan fingerprint density at radius 2 is 1.54 bits per heavy atom. The summed E-state index contributed by atoms with van der Waals surface area (Å²) in [6.07, 6.45) is 2.35. The average Bonchev–Trinajstić information content (AvgIpc) is 2.61. The molecule has 0 unspecified atom stereocenters. The second kappa shape index (κ2) is 10.4. The van der Waals surface area contributed by atoms with Gasteiger partial charge in [-0.3, -0.25) is 9.59 Å². The summed E-state index contributed by atoms with van der Waals surface area (Å²) in [5.74, 6) is 0.973. The Morgan fingerprint density at radius 1 is 0.958 bits per heavy atom. The van der Waals surface area contributed by atoms with E-state index in [0.29, 0.717) is 42.3 Å². The highest BCUT2D eigenvalue weighted by molar-refractivity contribution is 5.95. The largest absolute Gasteiger partial charge is 0.493 e. The highest BCUT2D eigenvalue weighted by Crippen LogP contribution is 2.38. The highest BCUT2D eigenvalue weighted by Gasteiger charge is 2.16. The van der Waals surface area contributed by atoms with Gasteiger partial charge < -0.3 is 24.8 Å². The quantitative estimate of drug-likeness (QED) is 0.635. The molecule has 1 rings (SSSR count). The summed E-state index contributed by atoms with van der Waals surface area (Å²) in [6.45, 7) is 2.76. The second-order valence-corrected chi connectivity index (χ2v) is 5.12. The number of ether oxygens (including phenoxy) is 3. The van der Waals surface area contributed by atoms with Crippen LogP contribution in [-0.2, 0) is 4.79 Å². The predicted molar refractivity (Wildman–Crippen MR) is 91.0 cm³/mol. The molecule has 0 aliphatic heterocycles. The van der Waals surface area contributed by atoms with Crippen molar-refractivity contribution >= 4 is 11.8 Å². The van der Waals surface area contributed by atoms with Gasteiger partial charge in [0.15, 0.2) is 11.5 Å². The number of unbranched alkanes of at least 4 members (excludes halogenated alkanes) is 1. The molecular formula is C17H26N2O5. The molecule has 0 radical (unpaired) electrons. The first-order valence-electron chi connectivity index (χ1n) is 7.92. The van der Waals surface area contributed by atoms with Crippen molar-refractivity contribution in [3.8, 4) is 17.2 Å². The molecule has 7 nitrogen and oxygen atoms in total. The molecule has 24 heavy (non-hydrogen) atoms. The highest BCUT2D eigenvalue weighted by atomic mass is 16.5. The van der Waals surface area contributed by atoms with E-state index in [1.807, 2.05) is 6.92 Å². The van der Waals surface area contributed by atoms with E-state index in [0.717, 1.165) is 12.8 Å². The Labute approximate surface area is 142 Å². The first kappa shape index (κ1) is 19.6. The third-order valence-corrected chi connectivity index (χ3v) is 3.42. The molecule has 2 amide bonds. The lowest BCUT2D eigenvalue weighted by atomic mass is 10.1. The Bertz CT molecular complexity index is 535. The summed E-state index contributed by atoms with van der Waals surface area (Å²) in [7, 11) is 4.48. The molecule has 0 aromatic heterocycles. The van der Waals surface area contributed by atoms with Crippen molar-refractivity contribution in [3.63, 3.8) is 0 Å². The molecule has 0 atom stereocenters. The number of benzene rings is 1. The van der Waals surface area contributed by atoms with Crippen LogP contribution in [0.15, 0.2) is 12.1 Å². The summed E-state index contributed by atoms with van der Waals surface area (Å²) in [5.41, 5.74) is 0.391. The van der Waals surface area contributed by atoms with Crippen molar-refractivity contribution in [2.45, 2.75) is 26.2 Å². The molecule has 0 saturated heterocycles. The number of hydrogen-bond acceptors (Lipinski definition) is 5. The van der Waals surface area contributed by atoms with Gasteiger partial charge in [-0.1, -0.05) is 13.3 Å². The van der Waals surface area contributed by atoms with Gasteiger partial charge in [-0.25, -0.2) is 0 Å². The van der Waals surface area contributed by atoms with E-state index >= 15 is 0 Å². The number of methoxy groups -OCH3 is 3. The van der Waals surface area contributed by atoms with E-state index in [9.17, 15) is 9.59 Å². The van der Waals surface area contributed by atoms with Crippen molar-refractivity contribution < 1.29 is 23.8 Å². The Morgan fingerprint density at radius 3 is 2.04 bits per heavy atom. The first-order valence-corrected chi connectivity index (χ1v) is 7.92. The minimum atomic E-state index is -0.280. The fourth-order valence-electron chi connectivity index (χ4n) is 2.12. The van der Waals surface area contributed by atoms with Gasteiger partial charge in [-0.2, -0.15) is 0 Å². The van der Waals surface area contributed by atoms with E-state index in [2.05, 4.69) is 10.6 Å². The molecule has 0 aliphatic carbocycles. The molecule has 134 valence electrons. The van der Waals surface area contributed by atoms with Crippen LogP contribution in [0.4, 0.5) is 0 Å². The number of amides is 2. The summed E-state index contributed by atoms with van der Waals surface area (Å²) < 4.78 is 15.7. The number of carbonyl (C=O) groups is 2. The van der Waals surface area contributed by atoms with E-state index in [1.54, 1.807) is 12.1 Å². The molecule has 0 spiro atoms. The lowest BCUT2D eigenvalue weighted by Gasteiger charge is -2.14. The Kier molecular flexibility index (Phi) is 8.46. The number of nitrogens with one attached hydrogen (secondary N) is 2. The third-order valence-electron chi connectivity index (χ3n) is 3.42. The molecule has 7 heteroatoms. The summed E-state index contributed by atoms with van der Waals surface area (Å²) in [4.78, 5) is 23.7. The molecule has 2 N–H and O–H groups in total. The Balaban J connectivity index is 2.60. The number of rotatable bonds is 10. The standard InChI is InChI=1S/C17H26N2O5/c1-5-6-7-15(20)18-8-9-19-17(21)12-10-13(22-2)16(24-4)14(11-12)23-3/h10-11H,5-9H2,1-4H3,(H,18,20)(H,19,21). The van der Waals surface area contributed by atoms with E-state index in [1.165, 1.54) is 21.3 Å². The van der Waals surface area contributed by atoms with Gasteiger partial charge in [0, 0.05) is 25.1 Å². The van der Waals surface area contributed by atoms with Crippen LogP contribution in [0.25, 0.3) is 0 Å². The number of hydrogen-bond donors (Lipinski definition) is 2. The molecular weight excluding hydrogens is 312 g/mol. The fourth-order valence-corrected chi connectivity index (χ4v) is 2.12. The van der Waals surface area contributed by atoms with Gasteiger partial charge in [-0.05, 0) is 18.6 Å². The maximum atomic E-state index is 12.2. The van der Waals surface area contributed by atoms with Crippen LogP contribution in [0, 0.1) is 0 Å². The monoisotopic (exact) mass is 338 g/mol. The normalized spacial score (nSPS) is 10.0. The van der Waals surface area contributed by atoms with Crippen molar-refractivity contribution in [1.82, 2.24) is 10.6 Å². The van der Waals surface area contributed by atoms with Gasteiger partial charge in [0.2, 0.25) is 11.7 Å². The maximum Gasteiger partial charge on any atom is 0.251 e. The summed E-state index contributed by atoms with van der Waals surface area (Å²) in [5, 5.41) is 5.51. The van der Waals surface area contributed by atoms with Gasteiger partial charge in [-0.15, -0.1) is 0 Å². The van der Waals surface area contributed by atoms with Crippen LogP contribution in [0.2, 0.25) is 0 Å². The minimum absolute atomic E-state index is 0.00103. The lowest BCUT2D eigenvalue weighted by Crippen LogP contribution is -2.34. The zero-order chi connectivity index (χ0) is 17.9. The van der Waals surface area contributed by atoms with E-state index < -0.39 is 0 Å². The zero-order valence-electron chi connectivity index (χ0n) is 14.7. The molecule has 1 aromatic rings. The van der Waals surface area contributed by atoms with E-state index in [-0.39, 0.29) is 11.8 Å². The zero-order valence-corrected chi connectivity index (χ0v) is 14.7. The predicted octanol–water partition coefficient (Wildman–Crippen LogP) is 1.75. The topological polar surface area (TPSA) is 85.9 Å². The molecule has 0 fully saturated rings.